The van der Waals surface area contributed by atoms with Gasteiger partial charge in [0.05, 0.1) is 18.5 Å². The van der Waals surface area contributed by atoms with Gasteiger partial charge in [0, 0.05) is 17.7 Å². The van der Waals surface area contributed by atoms with Gasteiger partial charge < -0.3 is 15.8 Å². The van der Waals surface area contributed by atoms with E-state index in [4.69, 9.17) is 10.5 Å². The van der Waals surface area contributed by atoms with E-state index in [-0.39, 0.29) is 11.3 Å². The zero-order chi connectivity index (χ0) is 15.6. The lowest BCUT2D eigenvalue weighted by Crippen LogP contribution is -2.14. The normalized spacial score (nSPS) is 10.3. The first-order valence-corrected chi connectivity index (χ1v) is 5.81. The van der Waals surface area contributed by atoms with Crippen molar-refractivity contribution in [2.24, 2.45) is 0 Å². The smallest absolute Gasteiger partial charge is 0.255 e. The third-order valence-corrected chi connectivity index (χ3v) is 2.73. The predicted octanol–water partition coefficient (Wildman–Crippen LogP) is 2.95. The number of anilines is 2. The van der Waals surface area contributed by atoms with Crippen molar-refractivity contribution in [3.8, 4) is 5.75 Å². The molecule has 2 aromatic carbocycles. The predicted molar refractivity (Wildman–Crippen MR) is 71.7 cm³/mol. The number of amides is 1. The molecule has 3 N–H and O–H groups in total. The molecule has 0 radical (unpaired) electrons. The lowest BCUT2D eigenvalue weighted by atomic mass is 10.1. The summed E-state index contributed by atoms with van der Waals surface area (Å²) in [5.74, 6) is -4.12. The van der Waals surface area contributed by atoms with Crippen molar-refractivity contribution >= 4 is 17.3 Å². The summed E-state index contributed by atoms with van der Waals surface area (Å²) < 4.78 is 44.5. The van der Waals surface area contributed by atoms with E-state index in [9.17, 15) is 18.0 Å². The zero-order valence-electron chi connectivity index (χ0n) is 10.9. The molecule has 0 atom stereocenters. The van der Waals surface area contributed by atoms with Crippen molar-refractivity contribution in [2.75, 3.05) is 18.2 Å². The molecule has 110 valence electrons. The van der Waals surface area contributed by atoms with Crippen LogP contribution in [0.25, 0.3) is 0 Å². The minimum absolute atomic E-state index is 0.0948. The third-order valence-electron chi connectivity index (χ3n) is 2.73. The number of carbonyl (C=O) groups is 1. The molecule has 0 saturated heterocycles. The van der Waals surface area contributed by atoms with Crippen LogP contribution >= 0.6 is 0 Å². The largest absolute Gasteiger partial charge is 0.495 e. The standard InChI is InChI=1S/C14H11F3N2O2/c1-21-12-3-2-7(4-10(12)18)14(20)19-11-6-8(15)5-9(16)13(11)17/h2-6H,18H2,1H3,(H,19,20). The highest BCUT2D eigenvalue weighted by Gasteiger charge is 2.15. The summed E-state index contributed by atoms with van der Waals surface area (Å²) in [5.41, 5.74) is 5.35. The van der Waals surface area contributed by atoms with Crippen LogP contribution in [0.1, 0.15) is 10.4 Å². The van der Waals surface area contributed by atoms with Gasteiger partial charge in [-0.25, -0.2) is 13.2 Å². The van der Waals surface area contributed by atoms with Crippen LogP contribution in [0, 0.1) is 17.5 Å². The molecular weight excluding hydrogens is 285 g/mol. The van der Waals surface area contributed by atoms with E-state index in [1.165, 1.54) is 25.3 Å². The molecule has 7 heteroatoms. The van der Waals surface area contributed by atoms with Crippen molar-refractivity contribution in [1.29, 1.82) is 0 Å². The number of benzene rings is 2. The molecule has 21 heavy (non-hydrogen) atoms. The monoisotopic (exact) mass is 296 g/mol. The minimum Gasteiger partial charge on any atom is -0.495 e. The SMILES string of the molecule is COc1ccc(C(=O)Nc2cc(F)cc(F)c2F)cc1N. The van der Waals surface area contributed by atoms with E-state index in [0.29, 0.717) is 17.9 Å². The number of nitrogen functional groups attached to an aromatic ring is 1. The van der Waals surface area contributed by atoms with Crippen LogP contribution in [0.2, 0.25) is 0 Å². The van der Waals surface area contributed by atoms with Gasteiger partial charge in [0.2, 0.25) is 0 Å². The number of rotatable bonds is 3. The maximum absolute atomic E-state index is 13.5. The van der Waals surface area contributed by atoms with Crippen LogP contribution in [-0.2, 0) is 0 Å². The molecule has 0 unspecified atom stereocenters. The van der Waals surface area contributed by atoms with E-state index in [0.717, 1.165) is 0 Å². The van der Waals surface area contributed by atoms with Gasteiger partial charge in [0.15, 0.2) is 11.6 Å². The molecule has 0 spiro atoms. The van der Waals surface area contributed by atoms with E-state index in [1.807, 2.05) is 0 Å². The molecule has 0 aliphatic heterocycles. The zero-order valence-corrected chi connectivity index (χ0v) is 10.9. The fourth-order valence-corrected chi connectivity index (χ4v) is 1.72. The van der Waals surface area contributed by atoms with Crippen LogP contribution in [0.5, 0.6) is 5.75 Å². The van der Waals surface area contributed by atoms with E-state index >= 15 is 0 Å². The second kappa shape index (κ2) is 5.74. The minimum atomic E-state index is -1.39. The van der Waals surface area contributed by atoms with Gasteiger partial charge in [-0.15, -0.1) is 0 Å². The Morgan fingerprint density at radius 1 is 1.19 bits per heavy atom. The molecule has 0 bridgehead atoms. The number of methoxy groups -OCH3 is 1. The number of nitrogens with one attached hydrogen (secondary N) is 1. The Labute approximate surface area is 118 Å². The molecule has 2 rings (SSSR count). The Kier molecular flexibility index (Phi) is 4.02. The first kappa shape index (κ1) is 14.7. The number of ether oxygens (including phenoxy) is 1. The number of carbonyl (C=O) groups excluding carboxylic acids is 1. The molecule has 2 aromatic rings. The fraction of sp³-hybridized carbons (Fsp3) is 0.0714. The molecule has 0 aromatic heterocycles. The summed E-state index contributed by atoms with van der Waals surface area (Å²) in [6.45, 7) is 0. The number of hydrogen-bond donors (Lipinski definition) is 2. The summed E-state index contributed by atoms with van der Waals surface area (Å²) in [7, 11) is 1.41. The fourth-order valence-electron chi connectivity index (χ4n) is 1.72. The lowest BCUT2D eigenvalue weighted by Gasteiger charge is -2.09. The topological polar surface area (TPSA) is 64.3 Å². The highest BCUT2D eigenvalue weighted by Crippen LogP contribution is 2.24. The second-order valence-electron chi connectivity index (χ2n) is 4.16. The van der Waals surface area contributed by atoms with E-state index in [1.54, 1.807) is 0 Å². The average Bonchev–Trinajstić information content (AvgIpc) is 2.44. The molecule has 0 aliphatic rings. The highest BCUT2D eigenvalue weighted by molar-refractivity contribution is 6.05. The first-order chi connectivity index (χ1) is 9.92. The molecule has 0 heterocycles. The maximum atomic E-state index is 13.5. The van der Waals surface area contributed by atoms with Crippen LogP contribution in [0.15, 0.2) is 30.3 Å². The van der Waals surface area contributed by atoms with Crippen molar-refractivity contribution in [2.45, 2.75) is 0 Å². The summed E-state index contributed by atoms with van der Waals surface area (Å²) >= 11 is 0. The Morgan fingerprint density at radius 3 is 2.52 bits per heavy atom. The number of nitrogens with two attached hydrogens (primary N) is 1. The van der Waals surface area contributed by atoms with Crippen LogP contribution in [-0.4, -0.2) is 13.0 Å². The van der Waals surface area contributed by atoms with Gasteiger partial charge in [0.1, 0.15) is 11.6 Å². The molecule has 4 nitrogen and oxygen atoms in total. The van der Waals surface area contributed by atoms with E-state index in [2.05, 4.69) is 5.32 Å². The molecule has 0 saturated carbocycles. The van der Waals surface area contributed by atoms with Crippen molar-refractivity contribution in [3.63, 3.8) is 0 Å². The summed E-state index contributed by atoms with van der Waals surface area (Å²) in [6.07, 6.45) is 0. The Morgan fingerprint density at radius 2 is 1.90 bits per heavy atom. The van der Waals surface area contributed by atoms with Crippen molar-refractivity contribution in [3.05, 3.63) is 53.3 Å². The number of hydrogen-bond acceptors (Lipinski definition) is 3. The molecule has 0 aliphatic carbocycles. The summed E-state index contributed by atoms with van der Waals surface area (Å²) in [4.78, 5) is 11.9. The Bertz CT molecular complexity index is 705. The first-order valence-electron chi connectivity index (χ1n) is 5.81. The van der Waals surface area contributed by atoms with Gasteiger partial charge in [-0.3, -0.25) is 4.79 Å². The molecular formula is C14H11F3N2O2. The van der Waals surface area contributed by atoms with Crippen LogP contribution < -0.4 is 15.8 Å². The quantitative estimate of drug-likeness (QED) is 0.676. The van der Waals surface area contributed by atoms with Gasteiger partial charge in [-0.2, -0.15) is 0 Å². The summed E-state index contributed by atoms with van der Waals surface area (Å²) in [5, 5.41) is 2.08. The maximum Gasteiger partial charge on any atom is 0.255 e. The molecule has 0 fully saturated rings. The Hall–Kier alpha value is -2.70. The van der Waals surface area contributed by atoms with Crippen molar-refractivity contribution in [1.82, 2.24) is 0 Å². The third kappa shape index (κ3) is 3.07. The van der Waals surface area contributed by atoms with Gasteiger partial charge in [-0.05, 0) is 18.2 Å². The van der Waals surface area contributed by atoms with Crippen LogP contribution in [0.4, 0.5) is 24.5 Å². The van der Waals surface area contributed by atoms with Crippen LogP contribution in [0.3, 0.4) is 0 Å². The van der Waals surface area contributed by atoms with E-state index < -0.39 is 29.0 Å². The summed E-state index contributed by atoms with van der Waals surface area (Å²) in [6, 6.07) is 5.21. The average molecular weight is 296 g/mol. The lowest BCUT2D eigenvalue weighted by molar-refractivity contribution is 0.102. The second-order valence-corrected chi connectivity index (χ2v) is 4.16. The Balaban J connectivity index is 2.28. The highest BCUT2D eigenvalue weighted by atomic mass is 19.2. The van der Waals surface area contributed by atoms with Gasteiger partial charge >= 0.3 is 0 Å². The number of halogens is 3. The molecule has 1 amide bonds. The van der Waals surface area contributed by atoms with Gasteiger partial charge in [0.25, 0.3) is 5.91 Å². The van der Waals surface area contributed by atoms with Gasteiger partial charge in [-0.1, -0.05) is 0 Å². The van der Waals surface area contributed by atoms with Crippen molar-refractivity contribution < 1.29 is 22.7 Å².